The molecule has 1 aromatic heterocycles. The third kappa shape index (κ3) is 3.26. The molecule has 3 heteroatoms. The van der Waals surface area contributed by atoms with E-state index in [0.717, 1.165) is 16.1 Å². The smallest absolute Gasteiger partial charge is 0.135 e. The molecule has 0 aliphatic heterocycles. The zero-order valence-corrected chi connectivity index (χ0v) is 11.9. The lowest BCUT2D eigenvalue weighted by atomic mass is 9.90. The summed E-state index contributed by atoms with van der Waals surface area (Å²) in [4.78, 5) is 9.06. The fourth-order valence-corrected chi connectivity index (χ4v) is 1.52. The van der Waals surface area contributed by atoms with Gasteiger partial charge in [-0.25, -0.2) is 9.97 Å². The van der Waals surface area contributed by atoms with Crippen molar-refractivity contribution in [3.05, 3.63) is 22.2 Å². The Morgan fingerprint density at radius 3 is 1.87 bits per heavy atom. The van der Waals surface area contributed by atoms with E-state index >= 15 is 0 Å². The molecule has 0 N–H and O–H groups in total. The van der Waals surface area contributed by atoms with E-state index in [1.54, 1.807) is 0 Å². The molecule has 0 amide bonds. The summed E-state index contributed by atoms with van der Waals surface area (Å²) < 4.78 is 0.868. The maximum Gasteiger partial charge on any atom is 0.135 e. The Morgan fingerprint density at radius 1 is 0.933 bits per heavy atom. The van der Waals surface area contributed by atoms with Crippen LogP contribution in [-0.2, 0) is 10.8 Å². The first-order chi connectivity index (χ1) is 6.60. The van der Waals surface area contributed by atoms with Crippen molar-refractivity contribution in [1.82, 2.24) is 9.97 Å². The van der Waals surface area contributed by atoms with E-state index in [4.69, 9.17) is 0 Å². The van der Waals surface area contributed by atoms with Crippen LogP contribution in [0.25, 0.3) is 0 Å². The van der Waals surface area contributed by atoms with Crippen molar-refractivity contribution >= 4 is 15.9 Å². The molecular formula is C12H19BrN2. The van der Waals surface area contributed by atoms with Crippen LogP contribution in [0.15, 0.2) is 10.7 Å². The van der Waals surface area contributed by atoms with Crippen molar-refractivity contribution in [2.75, 3.05) is 0 Å². The quantitative estimate of drug-likeness (QED) is 0.670. The molecule has 0 aliphatic carbocycles. The monoisotopic (exact) mass is 270 g/mol. The molecule has 1 aromatic rings. The van der Waals surface area contributed by atoms with Gasteiger partial charge in [0.05, 0.1) is 5.69 Å². The van der Waals surface area contributed by atoms with Gasteiger partial charge in [0.15, 0.2) is 0 Å². The van der Waals surface area contributed by atoms with Gasteiger partial charge in [-0.05, 0) is 22.0 Å². The summed E-state index contributed by atoms with van der Waals surface area (Å²) in [5, 5.41) is 0. The number of halogens is 1. The molecule has 0 atom stereocenters. The molecule has 0 saturated heterocycles. The Bertz CT molecular complexity index is 327. The third-order valence-electron chi connectivity index (χ3n) is 2.13. The van der Waals surface area contributed by atoms with Crippen molar-refractivity contribution in [3.8, 4) is 0 Å². The van der Waals surface area contributed by atoms with Crippen LogP contribution < -0.4 is 0 Å². The first kappa shape index (κ1) is 12.6. The van der Waals surface area contributed by atoms with Gasteiger partial charge in [-0.1, -0.05) is 41.5 Å². The molecule has 0 aliphatic rings. The third-order valence-corrected chi connectivity index (χ3v) is 2.54. The van der Waals surface area contributed by atoms with Crippen LogP contribution >= 0.6 is 15.9 Å². The summed E-state index contributed by atoms with van der Waals surface area (Å²) in [6, 6.07) is 2.00. The van der Waals surface area contributed by atoms with Crippen molar-refractivity contribution in [3.63, 3.8) is 0 Å². The topological polar surface area (TPSA) is 25.8 Å². The van der Waals surface area contributed by atoms with Gasteiger partial charge in [-0.2, -0.15) is 0 Å². The van der Waals surface area contributed by atoms with Crippen LogP contribution in [-0.4, -0.2) is 9.97 Å². The molecule has 84 valence electrons. The van der Waals surface area contributed by atoms with Gasteiger partial charge >= 0.3 is 0 Å². The normalized spacial score (nSPS) is 13.0. The molecule has 0 radical (unpaired) electrons. The average Bonchev–Trinajstić information content (AvgIpc) is 1.99. The van der Waals surface area contributed by atoms with Gasteiger partial charge in [0, 0.05) is 10.8 Å². The Morgan fingerprint density at radius 2 is 1.47 bits per heavy atom. The molecule has 0 bridgehead atoms. The minimum atomic E-state index is -0.0101. The molecular weight excluding hydrogens is 252 g/mol. The standard InChI is InChI=1S/C12H19BrN2/c1-11(2,3)8-7-9(13)15-10(14-8)12(4,5)6/h7H,1-6H3. The maximum atomic E-state index is 4.64. The highest BCUT2D eigenvalue weighted by Crippen LogP contribution is 2.26. The lowest BCUT2D eigenvalue weighted by molar-refractivity contribution is 0.511. The van der Waals surface area contributed by atoms with Gasteiger partial charge < -0.3 is 0 Å². The van der Waals surface area contributed by atoms with Crippen LogP contribution in [0.2, 0.25) is 0 Å². The molecule has 0 aromatic carbocycles. The van der Waals surface area contributed by atoms with Crippen molar-refractivity contribution in [2.24, 2.45) is 0 Å². The Balaban J connectivity index is 3.30. The Kier molecular flexibility index (Phi) is 3.24. The highest BCUT2D eigenvalue weighted by atomic mass is 79.9. The van der Waals surface area contributed by atoms with Crippen molar-refractivity contribution in [1.29, 1.82) is 0 Å². The minimum Gasteiger partial charge on any atom is -0.237 e. The average molecular weight is 271 g/mol. The van der Waals surface area contributed by atoms with Gasteiger partial charge in [-0.15, -0.1) is 0 Å². The molecule has 2 nitrogen and oxygen atoms in total. The van der Waals surface area contributed by atoms with E-state index in [-0.39, 0.29) is 10.8 Å². The molecule has 0 fully saturated rings. The summed E-state index contributed by atoms with van der Waals surface area (Å²) in [5.74, 6) is 0.891. The van der Waals surface area contributed by atoms with Crippen LogP contribution in [0.4, 0.5) is 0 Å². The summed E-state index contributed by atoms with van der Waals surface area (Å²) in [5.41, 5.74) is 1.13. The fraction of sp³-hybridized carbons (Fsp3) is 0.667. The number of aromatic nitrogens is 2. The van der Waals surface area contributed by atoms with Gasteiger partial charge in [-0.3, -0.25) is 0 Å². The SMILES string of the molecule is CC(C)(C)c1cc(Br)nc(C(C)(C)C)n1. The predicted molar refractivity (Wildman–Crippen MR) is 67.1 cm³/mol. The maximum absolute atomic E-state index is 4.64. The number of nitrogens with zero attached hydrogens (tertiary/aromatic N) is 2. The second-order valence-electron chi connectivity index (χ2n) is 5.90. The molecule has 15 heavy (non-hydrogen) atoms. The molecule has 0 spiro atoms. The fourth-order valence-electron chi connectivity index (χ4n) is 1.14. The van der Waals surface area contributed by atoms with Gasteiger partial charge in [0.2, 0.25) is 0 Å². The summed E-state index contributed by atoms with van der Waals surface area (Å²) in [6.07, 6.45) is 0. The first-order valence-electron chi connectivity index (χ1n) is 5.16. The van der Waals surface area contributed by atoms with E-state index in [1.165, 1.54) is 0 Å². The van der Waals surface area contributed by atoms with Crippen LogP contribution in [0.3, 0.4) is 0 Å². The zero-order valence-electron chi connectivity index (χ0n) is 10.3. The second-order valence-corrected chi connectivity index (χ2v) is 6.71. The second kappa shape index (κ2) is 3.85. The van der Waals surface area contributed by atoms with E-state index in [2.05, 4.69) is 67.4 Å². The molecule has 1 heterocycles. The molecule has 0 saturated carbocycles. The van der Waals surface area contributed by atoms with Gasteiger partial charge in [0.25, 0.3) is 0 Å². The number of rotatable bonds is 0. The van der Waals surface area contributed by atoms with Crippen LogP contribution in [0.5, 0.6) is 0 Å². The molecule has 0 unspecified atom stereocenters. The predicted octanol–water partition coefficient (Wildman–Crippen LogP) is 3.83. The number of hydrogen-bond acceptors (Lipinski definition) is 2. The highest BCUT2D eigenvalue weighted by Gasteiger charge is 2.22. The van der Waals surface area contributed by atoms with Gasteiger partial charge in [0.1, 0.15) is 10.4 Å². The van der Waals surface area contributed by atoms with Crippen molar-refractivity contribution < 1.29 is 0 Å². The zero-order chi connectivity index (χ0) is 11.9. The van der Waals surface area contributed by atoms with Crippen LogP contribution in [0, 0.1) is 0 Å². The highest BCUT2D eigenvalue weighted by molar-refractivity contribution is 9.10. The lowest BCUT2D eigenvalue weighted by Crippen LogP contribution is -2.21. The Labute approximate surface area is 101 Å². The molecule has 1 rings (SSSR count). The van der Waals surface area contributed by atoms with E-state index in [0.29, 0.717) is 0 Å². The first-order valence-corrected chi connectivity index (χ1v) is 5.95. The van der Waals surface area contributed by atoms with E-state index in [1.807, 2.05) is 6.07 Å². The van der Waals surface area contributed by atoms with Crippen molar-refractivity contribution in [2.45, 2.75) is 52.4 Å². The summed E-state index contributed by atoms with van der Waals surface area (Å²) in [7, 11) is 0. The van der Waals surface area contributed by atoms with E-state index < -0.39 is 0 Å². The van der Waals surface area contributed by atoms with E-state index in [9.17, 15) is 0 Å². The summed E-state index contributed by atoms with van der Waals surface area (Å²) in [6.45, 7) is 12.9. The van der Waals surface area contributed by atoms with Crippen LogP contribution in [0.1, 0.15) is 53.1 Å². The number of hydrogen-bond donors (Lipinski definition) is 0. The lowest BCUT2D eigenvalue weighted by Gasteiger charge is -2.22. The largest absolute Gasteiger partial charge is 0.237 e. The minimum absolute atomic E-state index is 0.0101. The summed E-state index contributed by atoms with van der Waals surface area (Å²) >= 11 is 3.45. The Hall–Kier alpha value is -0.440.